The van der Waals surface area contributed by atoms with Crippen LogP contribution in [-0.2, 0) is 4.79 Å². The predicted molar refractivity (Wildman–Crippen MR) is 86.1 cm³/mol. The molecule has 0 spiro atoms. The van der Waals surface area contributed by atoms with Gasteiger partial charge >= 0.3 is 0 Å². The van der Waals surface area contributed by atoms with E-state index < -0.39 is 0 Å². The Morgan fingerprint density at radius 2 is 2.05 bits per heavy atom. The zero-order chi connectivity index (χ0) is 15.9. The maximum atomic E-state index is 13.0. The van der Waals surface area contributed by atoms with Crippen LogP contribution in [0.3, 0.4) is 0 Å². The second kappa shape index (κ2) is 7.66. The number of amides is 1. The summed E-state index contributed by atoms with van der Waals surface area (Å²) in [4.78, 5) is 11.8. The molecule has 6 heteroatoms. The molecule has 0 fully saturated rings. The zero-order valence-electron chi connectivity index (χ0n) is 12.0. The van der Waals surface area contributed by atoms with Gasteiger partial charge in [0.25, 0.3) is 0 Å². The second-order valence-electron chi connectivity index (χ2n) is 4.58. The number of benzene rings is 2. The van der Waals surface area contributed by atoms with E-state index in [9.17, 15) is 9.18 Å². The van der Waals surface area contributed by atoms with Gasteiger partial charge in [-0.25, -0.2) is 4.39 Å². The van der Waals surface area contributed by atoms with Crippen molar-refractivity contribution < 1.29 is 13.9 Å². The van der Waals surface area contributed by atoms with E-state index in [-0.39, 0.29) is 18.1 Å². The molecule has 2 N–H and O–H groups in total. The maximum Gasteiger partial charge on any atom is 0.226 e. The highest BCUT2D eigenvalue weighted by Gasteiger charge is 2.04. The van der Waals surface area contributed by atoms with Crippen LogP contribution in [0.1, 0.15) is 6.42 Å². The van der Waals surface area contributed by atoms with Crippen LogP contribution in [0.25, 0.3) is 0 Å². The van der Waals surface area contributed by atoms with Gasteiger partial charge < -0.3 is 15.4 Å². The van der Waals surface area contributed by atoms with Gasteiger partial charge in [-0.2, -0.15) is 0 Å². The first-order valence-electron chi connectivity index (χ1n) is 6.71. The Kier molecular flexibility index (Phi) is 5.61. The van der Waals surface area contributed by atoms with Gasteiger partial charge in [0.05, 0.1) is 12.1 Å². The van der Waals surface area contributed by atoms with Crippen LogP contribution in [0.2, 0.25) is 5.02 Å². The first-order valence-corrected chi connectivity index (χ1v) is 7.09. The van der Waals surface area contributed by atoms with E-state index in [0.717, 1.165) is 5.69 Å². The molecule has 0 saturated heterocycles. The first kappa shape index (κ1) is 16.1. The van der Waals surface area contributed by atoms with Crippen LogP contribution < -0.4 is 15.4 Å². The van der Waals surface area contributed by atoms with E-state index in [1.54, 1.807) is 31.4 Å². The summed E-state index contributed by atoms with van der Waals surface area (Å²) in [5.74, 6) is 0.0116. The van der Waals surface area contributed by atoms with Crippen molar-refractivity contribution >= 4 is 28.9 Å². The summed E-state index contributed by atoms with van der Waals surface area (Å²) in [7, 11) is 1.55. The van der Waals surface area contributed by atoms with E-state index >= 15 is 0 Å². The summed E-state index contributed by atoms with van der Waals surface area (Å²) in [6.07, 6.45) is 0.250. The number of nitrogens with one attached hydrogen (secondary N) is 2. The number of hydrogen-bond donors (Lipinski definition) is 2. The molecular weight excluding hydrogens is 307 g/mol. The minimum absolute atomic E-state index is 0.197. The van der Waals surface area contributed by atoms with Crippen molar-refractivity contribution in [2.45, 2.75) is 6.42 Å². The molecule has 0 heterocycles. The van der Waals surface area contributed by atoms with E-state index in [2.05, 4.69) is 10.6 Å². The van der Waals surface area contributed by atoms with Crippen molar-refractivity contribution in [1.29, 1.82) is 0 Å². The number of methoxy groups -OCH3 is 1. The summed E-state index contributed by atoms with van der Waals surface area (Å²) >= 11 is 6.01. The van der Waals surface area contributed by atoms with Crippen molar-refractivity contribution in [2.24, 2.45) is 0 Å². The highest BCUT2D eigenvalue weighted by atomic mass is 35.5. The van der Waals surface area contributed by atoms with Crippen LogP contribution in [0.5, 0.6) is 5.75 Å². The van der Waals surface area contributed by atoms with Crippen LogP contribution >= 0.6 is 11.6 Å². The van der Waals surface area contributed by atoms with Gasteiger partial charge in [0, 0.05) is 24.3 Å². The molecule has 0 aliphatic heterocycles. The van der Waals surface area contributed by atoms with Crippen LogP contribution in [0, 0.1) is 5.82 Å². The molecule has 0 unspecified atom stereocenters. The van der Waals surface area contributed by atoms with Gasteiger partial charge in [0.15, 0.2) is 0 Å². The summed E-state index contributed by atoms with van der Waals surface area (Å²) in [5.41, 5.74) is 1.24. The van der Waals surface area contributed by atoms with E-state index in [1.165, 1.54) is 12.1 Å². The number of halogens is 2. The molecule has 2 aromatic carbocycles. The van der Waals surface area contributed by atoms with Gasteiger partial charge in [-0.05, 0) is 36.4 Å². The molecule has 0 aliphatic rings. The number of anilines is 2. The molecule has 2 rings (SSSR count). The number of ether oxygens (including phenoxy) is 1. The molecule has 2 aromatic rings. The SMILES string of the molecule is COc1ccc(NCCC(=O)Nc2cccc(F)c2)cc1Cl. The summed E-state index contributed by atoms with van der Waals surface area (Å²) in [6.45, 7) is 0.434. The second-order valence-corrected chi connectivity index (χ2v) is 4.99. The lowest BCUT2D eigenvalue weighted by molar-refractivity contribution is -0.115. The molecule has 1 amide bonds. The molecule has 0 radical (unpaired) electrons. The third-order valence-electron chi connectivity index (χ3n) is 2.94. The topological polar surface area (TPSA) is 50.4 Å². The van der Waals surface area contributed by atoms with Gasteiger partial charge in [0.2, 0.25) is 5.91 Å². The van der Waals surface area contributed by atoms with Gasteiger partial charge in [-0.15, -0.1) is 0 Å². The minimum atomic E-state index is -0.385. The lowest BCUT2D eigenvalue weighted by Crippen LogP contribution is -2.16. The third kappa shape index (κ3) is 4.63. The van der Waals surface area contributed by atoms with Crippen LogP contribution in [0.4, 0.5) is 15.8 Å². The molecule has 22 heavy (non-hydrogen) atoms. The molecule has 0 aromatic heterocycles. The highest BCUT2D eigenvalue weighted by Crippen LogP contribution is 2.27. The summed E-state index contributed by atoms with van der Waals surface area (Å²) in [6, 6.07) is 11.1. The van der Waals surface area contributed by atoms with Crippen LogP contribution in [-0.4, -0.2) is 19.6 Å². The Bertz CT molecular complexity index is 664. The number of hydrogen-bond acceptors (Lipinski definition) is 3. The largest absolute Gasteiger partial charge is 0.495 e. The van der Waals surface area contributed by atoms with E-state index in [1.807, 2.05) is 6.07 Å². The molecule has 0 bridgehead atoms. The third-order valence-corrected chi connectivity index (χ3v) is 3.24. The van der Waals surface area contributed by atoms with Crippen molar-refractivity contribution in [1.82, 2.24) is 0 Å². The lowest BCUT2D eigenvalue weighted by atomic mass is 10.2. The fraction of sp³-hybridized carbons (Fsp3) is 0.188. The van der Waals surface area contributed by atoms with Crippen molar-refractivity contribution in [3.8, 4) is 5.75 Å². The summed E-state index contributed by atoms with van der Waals surface area (Å²) in [5, 5.41) is 6.22. The Balaban J connectivity index is 1.81. The van der Waals surface area contributed by atoms with Crippen molar-refractivity contribution in [3.63, 3.8) is 0 Å². The van der Waals surface area contributed by atoms with E-state index in [0.29, 0.717) is 23.0 Å². The fourth-order valence-corrected chi connectivity index (χ4v) is 2.14. The number of rotatable bonds is 6. The average molecular weight is 323 g/mol. The Morgan fingerprint density at radius 3 is 2.73 bits per heavy atom. The zero-order valence-corrected chi connectivity index (χ0v) is 12.8. The maximum absolute atomic E-state index is 13.0. The van der Waals surface area contributed by atoms with E-state index in [4.69, 9.17) is 16.3 Å². The fourth-order valence-electron chi connectivity index (χ4n) is 1.89. The average Bonchev–Trinajstić information content (AvgIpc) is 2.47. The summed E-state index contributed by atoms with van der Waals surface area (Å²) < 4.78 is 18.1. The Hall–Kier alpha value is -2.27. The monoisotopic (exact) mass is 322 g/mol. The van der Waals surface area contributed by atoms with Gasteiger partial charge in [0.1, 0.15) is 11.6 Å². The normalized spacial score (nSPS) is 10.1. The smallest absolute Gasteiger partial charge is 0.226 e. The number of carbonyl (C=O) groups excluding carboxylic acids is 1. The molecular formula is C16H16ClFN2O2. The van der Waals surface area contributed by atoms with Gasteiger partial charge in [-0.1, -0.05) is 17.7 Å². The minimum Gasteiger partial charge on any atom is -0.495 e. The predicted octanol–water partition coefficient (Wildman–Crippen LogP) is 3.93. The standard InChI is InChI=1S/C16H16ClFN2O2/c1-22-15-6-5-12(10-14(15)17)19-8-7-16(21)20-13-4-2-3-11(18)9-13/h2-6,9-10,19H,7-8H2,1H3,(H,20,21). The Morgan fingerprint density at radius 1 is 1.23 bits per heavy atom. The molecule has 4 nitrogen and oxygen atoms in total. The number of carbonyl (C=O) groups is 1. The molecule has 0 saturated carbocycles. The molecule has 0 atom stereocenters. The first-order chi connectivity index (χ1) is 10.6. The lowest BCUT2D eigenvalue weighted by Gasteiger charge is -2.09. The quantitative estimate of drug-likeness (QED) is 0.847. The van der Waals surface area contributed by atoms with Crippen molar-refractivity contribution in [2.75, 3.05) is 24.3 Å². The molecule has 116 valence electrons. The van der Waals surface area contributed by atoms with Crippen molar-refractivity contribution in [3.05, 3.63) is 53.3 Å². The van der Waals surface area contributed by atoms with Gasteiger partial charge in [-0.3, -0.25) is 4.79 Å². The molecule has 0 aliphatic carbocycles. The highest BCUT2D eigenvalue weighted by molar-refractivity contribution is 6.32. The Labute approximate surface area is 133 Å². The van der Waals surface area contributed by atoms with Crippen LogP contribution in [0.15, 0.2) is 42.5 Å².